The molecular weight excluding hydrogens is 262 g/mol. The Balaban J connectivity index is 1.72. The third-order valence-corrected chi connectivity index (χ3v) is 4.35. The number of hydrogen-bond donors (Lipinski definition) is 2. The minimum atomic E-state index is -0.557. The van der Waals surface area contributed by atoms with Crippen molar-refractivity contribution in [1.82, 2.24) is 4.98 Å². The van der Waals surface area contributed by atoms with Crippen molar-refractivity contribution in [2.45, 2.75) is 44.6 Å². The van der Waals surface area contributed by atoms with Crippen LogP contribution in [-0.2, 0) is 4.84 Å². The van der Waals surface area contributed by atoms with E-state index in [1.165, 1.54) is 11.3 Å². The van der Waals surface area contributed by atoms with E-state index < -0.39 is 5.60 Å². The van der Waals surface area contributed by atoms with E-state index in [-0.39, 0.29) is 0 Å². The van der Waals surface area contributed by atoms with Gasteiger partial charge < -0.3 is 15.7 Å². The van der Waals surface area contributed by atoms with Gasteiger partial charge in [0, 0.05) is 18.2 Å². The van der Waals surface area contributed by atoms with E-state index in [1.54, 1.807) is 0 Å². The molecular formula is C13H17N3O2S. The molecule has 2 saturated carbocycles. The zero-order valence-corrected chi connectivity index (χ0v) is 11.7. The van der Waals surface area contributed by atoms with Gasteiger partial charge in [0.1, 0.15) is 17.2 Å². The summed E-state index contributed by atoms with van der Waals surface area (Å²) >= 11 is 1.38. The fourth-order valence-electron chi connectivity index (χ4n) is 2.05. The number of hydrogen-bond acceptors (Lipinski definition) is 6. The smallest absolute Gasteiger partial charge is 0.194 e. The zero-order chi connectivity index (χ0) is 13.5. The molecule has 0 radical (unpaired) electrons. The number of nitrogens with two attached hydrogens (primary N) is 1. The third-order valence-electron chi connectivity index (χ3n) is 3.68. The lowest BCUT2D eigenvalue weighted by Gasteiger charge is -2.22. The molecule has 0 aromatic carbocycles. The van der Waals surface area contributed by atoms with Gasteiger partial charge in [-0.3, -0.25) is 0 Å². The molecule has 0 unspecified atom stereocenters. The molecule has 0 spiro atoms. The normalized spacial score (nSPS) is 20.9. The summed E-state index contributed by atoms with van der Waals surface area (Å²) in [5.74, 6) is 0.410. The van der Waals surface area contributed by atoms with E-state index in [0.717, 1.165) is 43.4 Å². The molecule has 5 nitrogen and oxygen atoms in total. The van der Waals surface area contributed by atoms with E-state index in [4.69, 9.17) is 10.6 Å². The van der Waals surface area contributed by atoms with Gasteiger partial charge in [-0.25, -0.2) is 4.98 Å². The van der Waals surface area contributed by atoms with E-state index >= 15 is 0 Å². The van der Waals surface area contributed by atoms with Crippen molar-refractivity contribution in [2.75, 3.05) is 5.73 Å². The van der Waals surface area contributed by atoms with Crippen LogP contribution in [0.25, 0.3) is 0 Å². The Morgan fingerprint density at radius 1 is 1.53 bits per heavy atom. The summed E-state index contributed by atoms with van der Waals surface area (Å²) in [5.41, 5.74) is 7.58. The number of nitrogens with zero attached hydrogens (tertiary/aromatic N) is 2. The average Bonchev–Trinajstić information content (AvgIpc) is 3.00. The predicted octanol–water partition coefficient (Wildman–Crippen LogP) is 2.99. The number of allylic oxidation sites excluding steroid dienone is 1. The second-order valence-corrected chi connectivity index (χ2v) is 6.03. The predicted molar refractivity (Wildman–Crippen MR) is 75.3 cm³/mol. The SMILES string of the molecule is C/C(=N\OC1(C(O)=C2CCC2)CC1)c1csc(N)n1. The fourth-order valence-corrected chi connectivity index (χ4v) is 2.66. The van der Waals surface area contributed by atoms with Gasteiger partial charge in [0.25, 0.3) is 0 Å². The molecule has 3 rings (SSSR count). The molecule has 1 aromatic rings. The van der Waals surface area contributed by atoms with Crippen LogP contribution in [0.5, 0.6) is 0 Å². The van der Waals surface area contributed by atoms with Gasteiger partial charge >= 0.3 is 0 Å². The number of aliphatic hydroxyl groups excluding tert-OH is 1. The summed E-state index contributed by atoms with van der Waals surface area (Å²) in [5, 5.41) is 16.7. The van der Waals surface area contributed by atoms with Crippen LogP contribution in [0.4, 0.5) is 5.13 Å². The summed E-state index contributed by atoms with van der Waals surface area (Å²) in [6.45, 7) is 1.83. The number of anilines is 1. The molecule has 0 bridgehead atoms. The second-order valence-electron chi connectivity index (χ2n) is 5.14. The fraction of sp³-hybridized carbons (Fsp3) is 0.538. The molecule has 2 aliphatic rings. The molecule has 19 heavy (non-hydrogen) atoms. The zero-order valence-electron chi connectivity index (χ0n) is 10.8. The van der Waals surface area contributed by atoms with E-state index in [0.29, 0.717) is 16.6 Å². The monoisotopic (exact) mass is 279 g/mol. The topological polar surface area (TPSA) is 80.7 Å². The molecule has 1 heterocycles. The lowest BCUT2D eigenvalue weighted by molar-refractivity contribution is 0.0315. The summed E-state index contributed by atoms with van der Waals surface area (Å²) in [6.07, 6.45) is 4.80. The van der Waals surface area contributed by atoms with Crippen LogP contribution in [0.2, 0.25) is 0 Å². The van der Waals surface area contributed by atoms with Crippen LogP contribution in [0.15, 0.2) is 21.9 Å². The number of thiazole rings is 1. The Bertz CT molecular complexity index is 552. The van der Waals surface area contributed by atoms with E-state index in [2.05, 4.69) is 10.1 Å². The first kappa shape index (κ1) is 12.5. The lowest BCUT2D eigenvalue weighted by atomic mass is 9.89. The highest BCUT2D eigenvalue weighted by Crippen LogP contribution is 2.48. The van der Waals surface area contributed by atoms with Gasteiger partial charge in [0.15, 0.2) is 10.7 Å². The molecule has 2 aliphatic carbocycles. The molecule has 0 saturated heterocycles. The van der Waals surface area contributed by atoms with E-state index in [1.807, 2.05) is 12.3 Å². The minimum absolute atomic E-state index is 0.410. The largest absolute Gasteiger partial charge is 0.508 e. The first-order valence-corrected chi connectivity index (χ1v) is 7.34. The number of rotatable bonds is 4. The molecule has 0 amide bonds. The first-order valence-electron chi connectivity index (χ1n) is 6.46. The van der Waals surface area contributed by atoms with Crippen LogP contribution in [0.1, 0.15) is 44.7 Å². The summed E-state index contributed by atoms with van der Waals surface area (Å²) in [7, 11) is 0. The van der Waals surface area contributed by atoms with Crippen LogP contribution in [0.3, 0.4) is 0 Å². The second kappa shape index (κ2) is 4.52. The highest BCUT2D eigenvalue weighted by Gasteiger charge is 2.52. The Kier molecular flexibility index (Phi) is 2.97. The van der Waals surface area contributed by atoms with Crippen LogP contribution in [-0.4, -0.2) is 21.4 Å². The average molecular weight is 279 g/mol. The molecule has 0 aliphatic heterocycles. The Morgan fingerprint density at radius 2 is 2.26 bits per heavy atom. The molecule has 6 heteroatoms. The molecule has 102 valence electrons. The van der Waals surface area contributed by atoms with Crippen molar-refractivity contribution in [1.29, 1.82) is 0 Å². The van der Waals surface area contributed by atoms with Gasteiger partial charge in [0.2, 0.25) is 0 Å². The van der Waals surface area contributed by atoms with Crippen molar-refractivity contribution < 1.29 is 9.94 Å². The minimum Gasteiger partial charge on any atom is -0.508 e. The number of aromatic nitrogens is 1. The van der Waals surface area contributed by atoms with Gasteiger partial charge in [-0.2, -0.15) is 0 Å². The maximum atomic E-state index is 10.2. The highest BCUT2D eigenvalue weighted by molar-refractivity contribution is 7.13. The van der Waals surface area contributed by atoms with Crippen molar-refractivity contribution in [3.8, 4) is 0 Å². The number of aliphatic hydroxyl groups is 1. The Morgan fingerprint density at radius 3 is 2.74 bits per heavy atom. The van der Waals surface area contributed by atoms with Crippen LogP contribution < -0.4 is 5.73 Å². The Labute approximate surface area is 115 Å². The third kappa shape index (κ3) is 2.32. The standard InChI is InChI=1S/C13H17N3O2S/c1-8(10-7-19-12(14)15-10)16-18-13(5-6-13)11(17)9-3-2-4-9/h7,17H,2-6H2,1H3,(H2,14,15)/b16-8+. The quantitative estimate of drug-likeness (QED) is 0.504. The van der Waals surface area contributed by atoms with Gasteiger partial charge in [-0.1, -0.05) is 5.16 Å². The van der Waals surface area contributed by atoms with Crippen molar-refractivity contribution in [2.24, 2.45) is 5.16 Å². The van der Waals surface area contributed by atoms with Crippen molar-refractivity contribution in [3.63, 3.8) is 0 Å². The molecule has 2 fully saturated rings. The van der Waals surface area contributed by atoms with Crippen molar-refractivity contribution in [3.05, 3.63) is 22.4 Å². The number of oxime groups is 1. The summed E-state index contributed by atoms with van der Waals surface area (Å²) in [4.78, 5) is 9.74. The van der Waals surface area contributed by atoms with Gasteiger partial charge in [0.05, 0.1) is 0 Å². The summed E-state index contributed by atoms with van der Waals surface area (Å²) < 4.78 is 0. The first-order chi connectivity index (χ1) is 9.11. The van der Waals surface area contributed by atoms with Crippen molar-refractivity contribution >= 4 is 22.2 Å². The van der Waals surface area contributed by atoms with Crippen LogP contribution in [0, 0.1) is 0 Å². The lowest BCUT2D eigenvalue weighted by Crippen LogP contribution is -2.19. The molecule has 3 N–H and O–H groups in total. The molecule has 1 aromatic heterocycles. The molecule has 0 atom stereocenters. The highest BCUT2D eigenvalue weighted by atomic mass is 32.1. The summed E-state index contributed by atoms with van der Waals surface area (Å²) in [6, 6.07) is 0. The van der Waals surface area contributed by atoms with Crippen LogP contribution >= 0.6 is 11.3 Å². The maximum Gasteiger partial charge on any atom is 0.194 e. The van der Waals surface area contributed by atoms with Gasteiger partial charge in [-0.05, 0) is 31.8 Å². The maximum absolute atomic E-state index is 10.2. The number of nitrogen functional groups attached to an aromatic ring is 1. The van der Waals surface area contributed by atoms with Gasteiger partial charge in [-0.15, -0.1) is 11.3 Å². The van der Waals surface area contributed by atoms with E-state index in [9.17, 15) is 5.11 Å². The Hall–Kier alpha value is -1.56.